The lowest BCUT2D eigenvalue weighted by atomic mass is 10.2. The van der Waals surface area contributed by atoms with E-state index in [9.17, 15) is 4.79 Å². The zero-order valence-electron chi connectivity index (χ0n) is 5.55. The molecule has 3 nitrogen and oxygen atoms in total. The molecule has 0 aromatic carbocycles. The molecule has 1 amide bonds. The highest BCUT2D eigenvalue weighted by Crippen LogP contribution is 1.90. The molecule has 53 valence electrons. The van der Waals surface area contributed by atoms with Crippen molar-refractivity contribution in [3.63, 3.8) is 0 Å². The Balaban J connectivity index is 3.06. The van der Waals surface area contributed by atoms with E-state index in [-0.39, 0.29) is 12.6 Å². The van der Waals surface area contributed by atoms with E-state index in [0.717, 1.165) is 12.8 Å². The smallest absolute Gasteiger partial charge is 0.225 e. The fourth-order valence-corrected chi connectivity index (χ4v) is 0.426. The zero-order valence-corrected chi connectivity index (χ0v) is 5.55. The largest absolute Gasteiger partial charge is 0.377 e. The summed E-state index contributed by atoms with van der Waals surface area (Å²) in [5.74, 6) is -0.195. The van der Waals surface area contributed by atoms with Gasteiger partial charge in [-0.1, -0.05) is 13.3 Å². The Bertz CT molecular complexity index is 83.1. The van der Waals surface area contributed by atoms with Gasteiger partial charge < -0.3 is 10.4 Å². The van der Waals surface area contributed by atoms with Crippen LogP contribution in [0.15, 0.2) is 0 Å². The molecular formula is C6H12NO2. The number of aliphatic hydroxyl groups excluding tert-OH is 1. The van der Waals surface area contributed by atoms with E-state index in [1.807, 2.05) is 6.92 Å². The lowest BCUT2D eigenvalue weighted by Crippen LogP contribution is -2.23. The summed E-state index contributed by atoms with van der Waals surface area (Å²) in [7, 11) is 0. The summed E-state index contributed by atoms with van der Waals surface area (Å²) in [5.41, 5.74) is 0. The number of carbonyl (C=O) groups is 1. The lowest BCUT2D eigenvalue weighted by molar-refractivity contribution is -0.119. The Hall–Kier alpha value is -0.570. The molecule has 0 aromatic heterocycles. The van der Waals surface area contributed by atoms with E-state index in [1.165, 1.54) is 6.42 Å². The van der Waals surface area contributed by atoms with Crippen LogP contribution in [0.1, 0.15) is 19.8 Å². The predicted octanol–water partition coefficient (Wildman–Crippen LogP) is 0.0568. The normalized spacial score (nSPS) is 9.11. The van der Waals surface area contributed by atoms with Crippen LogP contribution >= 0.6 is 0 Å². The number of carbonyl (C=O) groups excluding carboxylic acids is 1. The Kier molecular flexibility index (Phi) is 5.21. The number of nitrogens with one attached hydrogen (secondary N) is 1. The fourth-order valence-electron chi connectivity index (χ4n) is 0.426. The summed E-state index contributed by atoms with van der Waals surface area (Å²) in [6, 6.07) is 0. The number of rotatable bonds is 4. The molecule has 0 unspecified atom stereocenters. The van der Waals surface area contributed by atoms with Gasteiger partial charge in [-0.2, -0.15) is 0 Å². The van der Waals surface area contributed by atoms with Crippen molar-refractivity contribution in [3.8, 4) is 0 Å². The van der Waals surface area contributed by atoms with Crippen LogP contribution < -0.4 is 5.32 Å². The number of unbranched alkanes of at least 4 members (excludes halogenated alkanes) is 1. The minimum absolute atomic E-state index is 0.195. The second kappa shape index (κ2) is 5.56. The fraction of sp³-hybridized carbons (Fsp3) is 0.667. The highest BCUT2D eigenvalue weighted by molar-refractivity contribution is 5.84. The first-order valence-electron chi connectivity index (χ1n) is 3.03. The quantitative estimate of drug-likeness (QED) is 0.528. The number of hydrogen-bond acceptors (Lipinski definition) is 2. The van der Waals surface area contributed by atoms with Crippen LogP contribution in [0.25, 0.3) is 0 Å². The highest BCUT2D eigenvalue weighted by Gasteiger charge is 1.96. The van der Waals surface area contributed by atoms with Crippen LogP contribution in [-0.2, 0) is 4.79 Å². The van der Waals surface area contributed by atoms with E-state index in [4.69, 9.17) is 5.11 Å². The molecule has 0 bridgehead atoms. The third-order valence-electron chi connectivity index (χ3n) is 0.872. The van der Waals surface area contributed by atoms with Crippen LogP contribution in [-0.4, -0.2) is 17.7 Å². The summed E-state index contributed by atoms with van der Waals surface area (Å²) in [5, 5.41) is 10.4. The summed E-state index contributed by atoms with van der Waals surface area (Å²) >= 11 is 0. The van der Waals surface area contributed by atoms with Gasteiger partial charge in [0, 0.05) is 6.42 Å². The van der Waals surface area contributed by atoms with Crippen molar-refractivity contribution in [1.29, 1.82) is 0 Å². The zero-order chi connectivity index (χ0) is 7.11. The van der Waals surface area contributed by atoms with Crippen molar-refractivity contribution in [2.45, 2.75) is 19.8 Å². The molecule has 0 saturated heterocycles. The average molecular weight is 130 g/mol. The first-order chi connectivity index (χ1) is 4.31. The number of aliphatic hydroxyl groups is 1. The third kappa shape index (κ3) is 5.30. The summed E-state index contributed by atoms with van der Waals surface area (Å²) in [6.07, 6.45) is 3.25. The summed E-state index contributed by atoms with van der Waals surface area (Å²) in [6.45, 7) is 1.71. The van der Waals surface area contributed by atoms with E-state index in [1.54, 1.807) is 0 Å². The number of amides is 1. The van der Waals surface area contributed by atoms with Gasteiger partial charge in [0.05, 0.1) is 0 Å². The second-order valence-electron chi connectivity index (χ2n) is 1.69. The van der Waals surface area contributed by atoms with E-state index >= 15 is 0 Å². The van der Waals surface area contributed by atoms with Gasteiger partial charge >= 0.3 is 0 Å². The average Bonchev–Trinajstić information content (AvgIpc) is 1.85. The molecule has 0 saturated carbocycles. The summed E-state index contributed by atoms with van der Waals surface area (Å²) in [4.78, 5) is 10.5. The Labute approximate surface area is 55.1 Å². The minimum Gasteiger partial charge on any atom is -0.377 e. The molecule has 0 atom stereocenters. The van der Waals surface area contributed by atoms with Gasteiger partial charge in [0.25, 0.3) is 0 Å². The van der Waals surface area contributed by atoms with Crippen molar-refractivity contribution in [2.24, 2.45) is 0 Å². The van der Waals surface area contributed by atoms with E-state index in [2.05, 4.69) is 5.32 Å². The molecule has 2 N–H and O–H groups in total. The SMILES string of the molecule is CCC[CH]C(=O)NCO. The molecule has 0 spiro atoms. The van der Waals surface area contributed by atoms with Crippen LogP contribution in [0.3, 0.4) is 0 Å². The van der Waals surface area contributed by atoms with Gasteiger partial charge in [-0.05, 0) is 6.42 Å². The van der Waals surface area contributed by atoms with Crippen LogP contribution in [0.5, 0.6) is 0 Å². The highest BCUT2D eigenvalue weighted by atomic mass is 16.3. The first-order valence-corrected chi connectivity index (χ1v) is 3.03. The van der Waals surface area contributed by atoms with Crippen molar-refractivity contribution in [2.75, 3.05) is 6.73 Å². The molecule has 1 radical (unpaired) electrons. The Morgan fingerprint density at radius 3 is 2.89 bits per heavy atom. The molecule has 3 heteroatoms. The van der Waals surface area contributed by atoms with Gasteiger partial charge in [-0.15, -0.1) is 0 Å². The second-order valence-corrected chi connectivity index (χ2v) is 1.69. The van der Waals surface area contributed by atoms with Crippen molar-refractivity contribution in [3.05, 3.63) is 6.42 Å². The monoisotopic (exact) mass is 130 g/mol. The first kappa shape index (κ1) is 8.43. The predicted molar refractivity (Wildman–Crippen MR) is 34.4 cm³/mol. The van der Waals surface area contributed by atoms with E-state index < -0.39 is 0 Å². The van der Waals surface area contributed by atoms with Crippen molar-refractivity contribution >= 4 is 5.91 Å². The van der Waals surface area contributed by atoms with Gasteiger partial charge in [-0.3, -0.25) is 4.79 Å². The lowest BCUT2D eigenvalue weighted by Gasteiger charge is -1.97. The molecular weight excluding hydrogens is 118 g/mol. The maximum absolute atomic E-state index is 10.5. The van der Waals surface area contributed by atoms with Gasteiger partial charge in [0.2, 0.25) is 5.91 Å². The summed E-state index contributed by atoms with van der Waals surface area (Å²) < 4.78 is 0. The topological polar surface area (TPSA) is 49.3 Å². The molecule has 9 heavy (non-hydrogen) atoms. The maximum Gasteiger partial charge on any atom is 0.225 e. The van der Waals surface area contributed by atoms with Gasteiger partial charge in [0.15, 0.2) is 0 Å². The Morgan fingerprint density at radius 1 is 1.78 bits per heavy atom. The van der Waals surface area contributed by atoms with Crippen molar-refractivity contribution in [1.82, 2.24) is 5.32 Å². The Morgan fingerprint density at radius 2 is 2.44 bits per heavy atom. The maximum atomic E-state index is 10.5. The standard InChI is InChI=1S/C6H12NO2/c1-2-3-4-6(9)7-5-8/h4,8H,2-3,5H2,1H3,(H,7,9). The third-order valence-corrected chi connectivity index (χ3v) is 0.872. The van der Waals surface area contributed by atoms with Gasteiger partial charge in [0.1, 0.15) is 6.73 Å². The van der Waals surface area contributed by atoms with Crippen LogP contribution in [0.2, 0.25) is 0 Å². The molecule has 0 aliphatic carbocycles. The van der Waals surface area contributed by atoms with Crippen LogP contribution in [0.4, 0.5) is 0 Å². The van der Waals surface area contributed by atoms with E-state index in [0.29, 0.717) is 0 Å². The molecule has 0 heterocycles. The minimum atomic E-state index is -0.279. The molecule has 0 aromatic rings. The van der Waals surface area contributed by atoms with Gasteiger partial charge in [-0.25, -0.2) is 0 Å². The number of hydrogen-bond donors (Lipinski definition) is 2. The molecule has 0 aliphatic rings. The van der Waals surface area contributed by atoms with Crippen molar-refractivity contribution < 1.29 is 9.90 Å². The molecule has 0 aliphatic heterocycles. The molecule has 0 rings (SSSR count). The van der Waals surface area contributed by atoms with Crippen LogP contribution in [0, 0.1) is 6.42 Å². The molecule has 0 fully saturated rings.